The zero-order chi connectivity index (χ0) is 25.2. The molecule has 182 valence electrons. The van der Waals surface area contributed by atoms with Gasteiger partial charge in [0.15, 0.2) is 5.78 Å². The number of Topliss-reactive ketones (excluding diaryl/α,β-unsaturated/α-hetero) is 1. The van der Waals surface area contributed by atoms with E-state index in [0.29, 0.717) is 12.0 Å². The minimum Gasteiger partial charge on any atom is -0.543 e. The molecule has 0 aliphatic heterocycles. The van der Waals surface area contributed by atoms with Crippen molar-refractivity contribution in [2.45, 2.75) is 84.2 Å². The number of carbonyl (C=O) groups is 1. The molecule has 2 aromatic carbocycles. The standard InChI is InChI=1S/C27H42O4Si2/c1-26(2,3)32(8,9)30-23-17-21(18-24(19-23)31-33(10,11)27(4,5)6)25(28)16-20-12-14-22(29-7)15-13-20/h12-15,17-19H,16H2,1-11H3. The number of methoxy groups -OCH3 is 1. The van der Waals surface area contributed by atoms with Crippen LogP contribution < -0.4 is 13.6 Å². The van der Waals surface area contributed by atoms with Crippen molar-refractivity contribution in [2.75, 3.05) is 7.11 Å². The van der Waals surface area contributed by atoms with Gasteiger partial charge in [-0.3, -0.25) is 4.79 Å². The Kier molecular flexibility index (Phi) is 7.96. The molecular formula is C27H42O4Si2. The molecule has 0 spiro atoms. The summed E-state index contributed by atoms with van der Waals surface area (Å²) >= 11 is 0. The molecule has 2 aromatic rings. The van der Waals surface area contributed by atoms with Gasteiger partial charge in [0, 0.05) is 18.1 Å². The third-order valence-electron chi connectivity index (χ3n) is 7.08. The maximum absolute atomic E-state index is 13.3. The average Bonchev–Trinajstić information content (AvgIpc) is 2.65. The molecule has 0 radical (unpaired) electrons. The zero-order valence-corrected chi connectivity index (χ0v) is 24.4. The fourth-order valence-corrected chi connectivity index (χ4v) is 4.80. The third-order valence-corrected chi connectivity index (χ3v) is 15.8. The highest BCUT2D eigenvalue weighted by molar-refractivity contribution is 6.75. The molecule has 0 heterocycles. The molecule has 0 N–H and O–H groups in total. The Bertz CT molecular complexity index is 919. The van der Waals surface area contributed by atoms with E-state index in [-0.39, 0.29) is 15.9 Å². The summed E-state index contributed by atoms with van der Waals surface area (Å²) in [6.07, 6.45) is 0.313. The van der Waals surface area contributed by atoms with Crippen LogP contribution in [0.15, 0.2) is 42.5 Å². The molecule has 4 nitrogen and oxygen atoms in total. The highest BCUT2D eigenvalue weighted by Gasteiger charge is 2.40. The minimum atomic E-state index is -2.08. The largest absolute Gasteiger partial charge is 0.543 e. The van der Waals surface area contributed by atoms with Gasteiger partial charge in [-0.25, -0.2) is 0 Å². The Morgan fingerprint density at radius 3 is 1.52 bits per heavy atom. The topological polar surface area (TPSA) is 44.8 Å². The van der Waals surface area contributed by atoms with E-state index in [4.69, 9.17) is 13.6 Å². The van der Waals surface area contributed by atoms with Crippen LogP contribution >= 0.6 is 0 Å². The lowest BCUT2D eigenvalue weighted by molar-refractivity contribution is 0.0992. The summed E-state index contributed by atoms with van der Waals surface area (Å²) in [6.45, 7) is 22.1. The highest BCUT2D eigenvalue weighted by atomic mass is 28.4. The van der Waals surface area contributed by atoms with Gasteiger partial charge in [0.2, 0.25) is 16.6 Å². The second kappa shape index (κ2) is 9.67. The molecule has 0 unspecified atom stereocenters. The average molecular weight is 487 g/mol. The van der Waals surface area contributed by atoms with Crippen LogP contribution in [0, 0.1) is 0 Å². The van der Waals surface area contributed by atoms with Crippen LogP contribution in [-0.4, -0.2) is 29.5 Å². The molecule has 0 saturated heterocycles. The van der Waals surface area contributed by atoms with Gasteiger partial charge in [0.25, 0.3) is 0 Å². The summed E-state index contributed by atoms with van der Waals surface area (Å²) in [5, 5.41) is 0.104. The monoisotopic (exact) mass is 486 g/mol. The van der Waals surface area contributed by atoms with Crippen LogP contribution in [0.3, 0.4) is 0 Å². The number of hydrogen-bond acceptors (Lipinski definition) is 4. The molecule has 0 aliphatic carbocycles. The molecule has 0 bridgehead atoms. The second-order valence-electron chi connectivity index (χ2n) is 11.9. The van der Waals surface area contributed by atoms with Crippen LogP contribution in [-0.2, 0) is 6.42 Å². The first-order chi connectivity index (χ1) is 14.9. The summed E-state index contributed by atoms with van der Waals surface area (Å²) in [6, 6.07) is 13.3. The van der Waals surface area contributed by atoms with Crippen molar-refractivity contribution in [3.05, 3.63) is 53.6 Å². The summed E-state index contributed by atoms with van der Waals surface area (Å²) in [4.78, 5) is 13.3. The fourth-order valence-electron chi connectivity index (χ4n) is 2.78. The zero-order valence-electron chi connectivity index (χ0n) is 22.4. The quantitative estimate of drug-likeness (QED) is 0.281. The Hall–Kier alpha value is -2.06. The van der Waals surface area contributed by atoms with Crippen LogP contribution in [0.1, 0.15) is 57.5 Å². The van der Waals surface area contributed by atoms with Crippen molar-refractivity contribution in [3.8, 4) is 17.2 Å². The smallest absolute Gasteiger partial charge is 0.250 e. The molecular weight excluding hydrogens is 444 g/mol. The number of rotatable bonds is 8. The first kappa shape index (κ1) is 27.2. The molecule has 2 rings (SSSR count). The molecule has 0 saturated carbocycles. The summed E-state index contributed by atoms with van der Waals surface area (Å²) in [7, 11) is -2.51. The molecule has 0 atom stereocenters. The van der Waals surface area contributed by atoms with E-state index >= 15 is 0 Å². The maximum atomic E-state index is 13.3. The SMILES string of the molecule is COc1ccc(CC(=O)c2cc(O[Si](C)(C)C(C)(C)C)cc(O[Si](C)(C)C(C)(C)C)c2)cc1. The Labute approximate surface area is 202 Å². The summed E-state index contributed by atoms with van der Waals surface area (Å²) < 4.78 is 18.4. The lowest BCUT2D eigenvalue weighted by atomic mass is 10.0. The summed E-state index contributed by atoms with van der Waals surface area (Å²) in [5.74, 6) is 2.26. The first-order valence-electron chi connectivity index (χ1n) is 11.6. The number of benzene rings is 2. The van der Waals surface area contributed by atoms with E-state index in [1.54, 1.807) is 7.11 Å². The molecule has 6 heteroatoms. The second-order valence-corrected chi connectivity index (χ2v) is 21.3. The van der Waals surface area contributed by atoms with Gasteiger partial charge < -0.3 is 13.6 Å². The van der Waals surface area contributed by atoms with Crippen molar-refractivity contribution in [2.24, 2.45) is 0 Å². The normalized spacial score (nSPS) is 12.9. The van der Waals surface area contributed by atoms with Gasteiger partial charge in [-0.1, -0.05) is 53.7 Å². The maximum Gasteiger partial charge on any atom is 0.250 e. The number of ether oxygens (including phenoxy) is 1. The molecule has 0 aliphatic rings. The van der Waals surface area contributed by atoms with Crippen LogP contribution in [0.25, 0.3) is 0 Å². The van der Waals surface area contributed by atoms with Crippen LogP contribution in [0.4, 0.5) is 0 Å². The first-order valence-corrected chi connectivity index (χ1v) is 17.5. The minimum absolute atomic E-state index is 0.0425. The lowest BCUT2D eigenvalue weighted by Crippen LogP contribution is -2.44. The molecule has 0 fully saturated rings. The lowest BCUT2D eigenvalue weighted by Gasteiger charge is -2.38. The van der Waals surface area contributed by atoms with E-state index in [0.717, 1.165) is 22.8 Å². The fraction of sp³-hybridized carbons (Fsp3) is 0.519. The number of hydrogen-bond donors (Lipinski definition) is 0. The van der Waals surface area contributed by atoms with E-state index in [9.17, 15) is 4.79 Å². The van der Waals surface area contributed by atoms with Gasteiger partial charge in [-0.2, -0.15) is 0 Å². The highest BCUT2D eigenvalue weighted by Crippen LogP contribution is 2.41. The number of carbonyl (C=O) groups excluding carboxylic acids is 1. The van der Waals surface area contributed by atoms with Gasteiger partial charge in [0.1, 0.15) is 17.2 Å². The van der Waals surface area contributed by atoms with Crippen LogP contribution in [0.2, 0.25) is 36.3 Å². The van der Waals surface area contributed by atoms with Gasteiger partial charge in [-0.15, -0.1) is 0 Å². The Morgan fingerprint density at radius 2 is 1.15 bits per heavy atom. The van der Waals surface area contributed by atoms with E-state index in [1.165, 1.54) is 0 Å². The molecule has 33 heavy (non-hydrogen) atoms. The van der Waals surface area contributed by atoms with Crippen molar-refractivity contribution >= 4 is 22.4 Å². The predicted octanol–water partition coefficient (Wildman–Crippen LogP) is 7.89. The van der Waals surface area contributed by atoms with E-state index in [2.05, 4.69) is 67.7 Å². The third kappa shape index (κ3) is 6.96. The number of ketones is 1. The molecule has 0 aromatic heterocycles. The molecule has 0 amide bonds. The van der Waals surface area contributed by atoms with E-state index < -0.39 is 16.6 Å². The van der Waals surface area contributed by atoms with Crippen LogP contribution in [0.5, 0.6) is 17.2 Å². The van der Waals surface area contributed by atoms with Gasteiger partial charge in [0.05, 0.1) is 7.11 Å². The Morgan fingerprint density at radius 1 is 0.727 bits per heavy atom. The van der Waals surface area contributed by atoms with E-state index in [1.807, 2.05) is 42.5 Å². The predicted molar refractivity (Wildman–Crippen MR) is 143 cm³/mol. The van der Waals surface area contributed by atoms with Crippen molar-refractivity contribution in [1.82, 2.24) is 0 Å². The summed E-state index contributed by atoms with van der Waals surface area (Å²) in [5.41, 5.74) is 1.57. The van der Waals surface area contributed by atoms with Crippen molar-refractivity contribution < 1.29 is 18.4 Å². The Balaban J connectivity index is 2.44. The van der Waals surface area contributed by atoms with Crippen molar-refractivity contribution in [3.63, 3.8) is 0 Å². The van der Waals surface area contributed by atoms with Gasteiger partial charge in [-0.05, 0) is 66.1 Å². The van der Waals surface area contributed by atoms with Crippen molar-refractivity contribution in [1.29, 1.82) is 0 Å². The van der Waals surface area contributed by atoms with Gasteiger partial charge >= 0.3 is 0 Å².